The van der Waals surface area contributed by atoms with Gasteiger partial charge < -0.3 is 19.7 Å². The summed E-state index contributed by atoms with van der Waals surface area (Å²) in [5.41, 5.74) is 3.62. The Morgan fingerprint density at radius 3 is 2.38 bits per heavy atom. The molecule has 0 amide bonds. The molecule has 1 fully saturated rings. The Morgan fingerprint density at radius 2 is 1.62 bits per heavy atom. The van der Waals surface area contributed by atoms with Crippen LogP contribution in [0.2, 0.25) is 0 Å². The van der Waals surface area contributed by atoms with Crippen LogP contribution in [0.3, 0.4) is 0 Å². The van der Waals surface area contributed by atoms with Crippen LogP contribution in [0.5, 0.6) is 0 Å². The van der Waals surface area contributed by atoms with Crippen LogP contribution in [0, 0.1) is 0 Å². The van der Waals surface area contributed by atoms with Crippen LogP contribution in [0.4, 0.5) is 0 Å². The first-order valence-corrected chi connectivity index (χ1v) is 7.21. The Balaban J connectivity index is 1.91. The van der Waals surface area contributed by atoms with Gasteiger partial charge in [-0.15, -0.1) is 0 Å². The minimum Gasteiger partial charge on any atom is -0.386 e. The van der Waals surface area contributed by atoms with Crippen molar-refractivity contribution in [1.82, 2.24) is 0 Å². The quantitative estimate of drug-likeness (QED) is 0.768. The standard InChI is InChI=1S/C17H18O4/c1-17(2)20-12-8-6-10-4-3-9-5-7-11(18)15(19)13(9)14(10)16(12)21-17/h3-8,11-12,15-16,18-19H,1-2H3/t11-,12-,15-,16-/m0/s1. The average molecular weight is 286 g/mol. The lowest BCUT2D eigenvalue weighted by Gasteiger charge is -2.30. The van der Waals surface area contributed by atoms with Crippen molar-refractivity contribution in [3.8, 4) is 0 Å². The van der Waals surface area contributed by atoms with E-state index >= 15 is 0 Å². The number of fused-ring (bicyclic) bond motifs is 5. The molecule has 4 rings (SSSR count). The summed E-state index contributed by atoms with van der Waals surface area (Å²) in [4.78, 5) is 0. The molecular formula is C17H18O4. The summed E-state index contributed by atoms with van der Waals surface area (Å²) in [7, 11) is 0. The van der Waals surface area contributed by atoms with E-state index in [2.05, 4.69) is 0 Å². The first-order chi connectivity index (χ1) is 9.96. The molecule has 4 nitrogen and oxygen atoms in total. The summed E-state index contributed by atoms with van der Waals surface area (Å²) in [6.07, 6.45) is 5.24. The van der Waals surface area contributed by atoms with Crippen molar-refractivity contribution in [3.63, 3.8) is 0 Å². The number of rotatable bonds is 0. The van der Waals surface area contributed by atoms with Crippen LogP contribution >= 0.6 is 0 Å². The van der Waals surface area contributed by atoms with E-state index in [0.29, 0.717) is 0 Å². The predicted molar refractivity (Wildman–Crippen MR) is 78.3 cm³/mol. The van der Waals surface area contributed by atoms with Crippen molar-refractivity contribution in [1.29, 1.82) is 0 Å². The number of aliphatic hydroxyl groups is 2. The summed E-state index contributed by atoms with van der Waals surface area (Å²) >= 11 is 0. The summed E-state index contributed by atoms with van der Waals surface area (Å²) < 4.78 is 11.9. The number of aliphatic hydroxyl groups excluding tert-OH is 2. The third-order valence-electron chi connectivity index (χ3n) is 4.33. The largest absolute Gasteiger partial charge is 0.386 e. The molecule has 0 saturated carbocycles. The van der Waals surface area contributed by atoms with Gasteiger partial charge in [-0.1, -0.05) is 36.4 Å². The fourth-order valence-electron chi connectivity index (χ4n) is 3.44. The molecule has 110 valence electrons. The topological polar surface area (TPSA) is 58.9 Å². The highest BCUT2D eigenvalue weighted by atomic mass is 16.7. The van der Waals surface area contributed by atoms with Crippen LogP contribution in [0.1, 0.15) is 48.3 Å². The van der Waals surface area contributed by atoms with Gasteiger partial charge in [-0.25, -0.2) is 0 Å². The van der Waals surface area contributed by atoms with Crippen molar-refractivity contribution >= 4 is 12.2 Å². The molecule has 1 aromatic carbocycles. The summed E-state index contributed by atoms with van der Waals surface area (Å²) in [5.74, 6) is -0.655. The molecule has 0 bridgehead atoms. The molecule has 1 heterocycles. The predicted octanol–water partition coefficient (Wildman–Crippen LogP) is 2.33. The van der Waals surface area contributed by atoms with Gasteiger partial charge in [-0.3, -0.25) is 0 Å². The van der Waals surface area contributed by atoms with Gasteiger partial charge in [0.1, 0.15) is 24.4 Å². The molecule has 0 spiro atoms. The van der Waals surface area contributed by atoms with E-state index in [1.807, 2.05) is 44.2 Å². The molecule has 1 aromatic rings. The maximum absolute atomic E-state index is 10.4. The molecule has 0 radical (unpaired) electrons. The Bertz CT molecular complexity index is 659. The van der Waals surface area contributed by atoms with Crippen molar-refractivity contribution in [3.05, 3.63) is 46.5 Å². The molecular weight excluding hydrogens is 268 g/mol. The molecule has 4 heteroatoms. The highest BCUT2D eigenvalue weighted by Gasteiger charge is 2.45. The average Bonchev–Trinajstić information content (AvgIpc) is 2.76. The van der Waals surface area contributed by atoms with Gasteiger partial charge in [0.15, 0.2) is 5.79 Å². The van der Waals surface area contributed by atoms with Gasteiger partial charge in [0, 0.05) is 0 Å². The lowest BCUT2D eigenvalue weighted by Crippen LogP contribution is -2.26. The first kappa shape index (κ1) is 13.2. The van der Waals surface area contributed by atoms with E-state index in [1.165, 1.54) is 0 Å². The third kappa shape index (κ3) is 1.91. The van der Waals surface area contributed by atoms with Crippen LogP contribution in [0.25, 0.3) is 12.2 Å². The molecule has 4 atom stereocenters. The molecule has 1 aliphatic heterocycles. The van der Waals surface area contributed by atoms with E-state index in [1.54, 1.807) is 6.08 Å². The Kier molecular flexibility index (Phi) is 2.69. The zero-order valence-electron chi connectivity index (χ0n) is 12.0. The first-order valence-electron chi connectivity index (χ1n) is 7.21. The van der Waals surface area contributed by atoms with E-state index in [-0.39, 0.29) is 12.2 Å². The normalized spacial score (nSPS) is 35.2. The van der Waals surface area contributed by atoms with Crippen LogP contribution in [0.15, 0.2) is 24.3 Å². The summed E-state index contributed by atoms with van der Waals surface area (Å²) in [5, 5.41) is 20.4. The molecule has 1 saturated heterocycles. The fourth-order valence-corrected chi connectivity index (χ4v) is 3.44. The Labute approximate surface area is 123 Å². The van der Waals surface area contributed by atoms with Crippen LogP contribution in [-0.4, -0.2) is 28.2 Å². The van der Waals surface area contributed by atoms with E-state index < -0.39 is 18.0 Å². The molecule has 2 aliphatic carbocycles. The van der Waals surface area contributed by atoms with Gasteiger partial charge in [-0.2, -0.15) is 0 Å². The van der Waals surface area contributed by atoms with Crippen LogP contribution in [-0.2, 0) is 9.47 Å². The summed E-state index contributed by atoms with van der Waals surface area (Å²) in [6, 6.07) is 3.98. The number of ether oxygens (including phenoxy) is 2. The SMILES string of the molecule is CC1(C)O[C@H]2C=Cc3ccc4c(c3[C@H]2O1)[C@@H](O)[C@@H](O)C=C4. The van der Waals surface area contributed by atoms with Gasteiger partial charge in [0.2, 0.25) is 0 Å². The Hall–Kier alpha value is -1.46. The smallest absolute Gasteiger partial charge is 0.164 e. The molecule has 0 unspecified atom stereocenters. The van der Waals surface area contributed by atoms with E-state index in [4.69, 9.17) is 9.47 Å². The van der Waals surface area contributed by atoms with E-state index in [9.17, 15) is 10.2 Å². The number of benzene rings is 1. The van der Waals surface area contributed by atoms with Crippen molar-refractivity contribution in [2.24, 2.45) is 0 Å². The fraction of sp³-hybridized carbons (Fsp3) is 0.412. The van der Waals surface area contributed by atoms with Gasteiger partial charge in [-0.05, 0) is 36.1 Å². The highest BCUT2D eigenvalue weighted by molar-refractivity contribution is 5.69. The highest BCUT2D eigenvalue weighted by Crippen LogP contribution is 2.47. The van der Waals surface area contributed by atoms with Crippen molar-refractivity contribution in [2.45, 2.75) is 44.1 Å². The zero-order valence-corrected chi connectivity index (χ0v) is 12.0. The summed E-state index contributed by atoms with van der Waals surface area (Å²) in [6.45, 7) is 3.78. The van der Waals surface area contributed by atoms with Crippen molar-refractivity contribution < 1.29 is 19.7 Å². The second-order valence-corrected chi connectivity index (χ2v) is 6.25. The third-order valence-corrected chi connectivity index (χ3v) is 4.33. The van der Waals surface area contributed by atoms with Gasteiger partial charge >= 0.3 is 0 Å². The number of hydrogen-bond donors (Lipinski definition) is 2. The maximum Gasteiger partial charge on any atom is 0.164 e. The minimum atomic E-state index is -0.931. The van der Waals surface area contributed by atoms with Gasteiger partial charge in [0.25, 0.3) is 0 Å². The van der Waals surface area contributed by atoms with Gasteiger partial charge in [0.05, 0.1) is 0 Å². The number of hydrogen-bond acceptors (Lipinski definition) is 4. The molecule has 0 aromatic heterocycles. The molecule has 2 N–H and O–H groups in total. The zero-order chi connectivity index (χ0) is 14.8. The van der Waals surface area contributed by atoms with Crippen molar-refractivity contribution in [2.75, 3.05) is 0 Å². The lowest BCUT2D eigenvalue weighted by molar-refractivity contribution is -0.143. The second-order valence-electron chi connectivity index (χ2n) is 6.25. The van der Waals surface area contributed by atoms with E-state index in [0.717, 1.165) is 22.3 Å². The Morgan fingerprint density at radius 1 is 0.952 bits per heavy atom. The molecule has 21 heavy (non-hydrogen) atoms. The molecule has 3 aliphatic rings. The maximum atomic E-state index is 10.4. The monoisotopic (exact) mass is 286 g/mol. The lowest BCUT2D eigenvalue weighted by atomic mass is 9.81. The minimum absolute atomic E-state index is 0.158. The van der Waals surface area contributed by atoms with Crippen LogP contribution < -0.4 is 0 Å². The second kappa shape index (κ2) is 4.27.